The minimum absolute atomic E-state index is 0.531. The summed E-state index contributed by atoms with van der Waals surface area (Å²) in [4.78, 5) is 4.05. The third-order valence-electron chi connectivity index (χ3n) is 2.10. The lowest BCUT2D eigenvalue weighted by molar-refractivity contribution is 0.887. The molecule has 1 aliphatic heterocycles. The van der Waals surface area contributed by atoms with Crippen molar-refractivity contribution < 1.29 is 0 Å². The first-order chi connectivity index (χ1) is 5.97. The maximum absolute atomic E-state index is 4.05. The summed E-state index contributed by atoms with van der Waals surface area (Å²) in [6.07, 6.45) is 7.02. The van der Waals surface area contributed by atoms with Gasteiger partial charge < -0.3 is 0 Å². The average Bonchev–Trinajstić information content (AvgIpc) is 2.21. The predicted molar refractivity (Wildman–Crippen MR) is 51.4 cm³/mol. The van der Waals surface area contributed by atoms with Crippen LogP contribution in [0.25, 0.3) is 0 Å². The number of nitrogens with zero attached hydrogens (tertiary/aromatic N) is 1. The standard InChI is InChI=1S/C11H11N/c1-2-4-10(5-3-1)11-6-8-12-9-7-11/h1-6,8-9,11H,7H2. The lowest BCUT2D eigenvalue weighted by atomic mass is 9.95. The van der Waals surface area contributed by atoms with E-state index in [0.29, 0.717) is 5.92 Å². The molecule has 0 saturated carbocycles. The molecular weight excluding hydrogens is 146 g/mol. The molecule has 0 spiro atoms. The predicted octanol–water partition coefficient (Wildman–Crippen LogP) is 2.76. The Morgan fingerprint density at radius 3 is 2.67 bits per heavy atom. The van der Waals surface area contributed by atoms with Crippen molar-refractivity contribution in [3.05, 3.63) is 48.2 Å². The SMILES string of the molecule is C1=CC(c2ccccc2)CC=N1. The summed E-state index contributed by atoms with van der Waals surface area (Å²) in [7, 11) is 0. The van der Waals surface area contributed by atoms with Gasteiger partial charge in [0.1, 0.15) is 0 Å². The Morgan fingerprint density at radius 2 is 2.00 bits per heavy atom. The van der Waals surface area contributed by atoms with Crippen LogP contribution in [-0.4, -0.2) is 6.21 Å². The second-order valence-corrected chi connectivity index (χ2v) is 2.93. The Labute approximate surface area is 72.5 Å². The van der Waals surface area contributed by atoms with Crippen LogP contribution in [0, 0.1) is 0 Å². The smallest absolute Gasteiger partial charge is 0.0230 e. The molecule has 1 heteroatoms. The highest BCUT2D eigenvalue weighted by Crippen LogP contribution is 2.21. The molecule has 0 aliphatic carbocycles. The summed E-state index contributed by atoms with van der Waals surface area (Å²) in [5.74, 6) is 0.531. The summed E-state index contributed by atoms with van der Waals surface area (Å²) in [5.41, 5.74) is 1.37. The zero-order chi connectivity index (χ0) is 8.23. The van der Waals surface area contributed by atoms with Crippen LogP contribution in [0.5, 0.6) is 0 Å². The average molecular weight is 157 g/mol. The number of hydrogen-bond acceptors (Lipinski definition) is 1. The van der Waals surface area contributed by atoms with E-state index < -0.39 is 0 Å². The minimum Gasteiger partial charge on any atom is -0.269 e. The fourth-order valence-electron chi connectivity index (χ4n) is 1.41. The van der Waals surface area contributed by atoms with Crippen molar-refractivity contribution in [2.24, 2.45) is 4.99 Å². The summed E-state index contributed by atoms with van der Waals surface area (Å²) in [6.45, 7) is 0. The third kappa shape index (κ3) is 1.45. The van der Waals surface area contributed by atoms with Crippen molar-refractivity contribution in [3.63, 3.8) is 0 Å². The summed E-state index contributed by atoms with van der Waals surface area (Å²) >= 11 is 0. The van der Waals surface area contributed by atoms with Gasteiger partial charge in [-0.05, 0) is 12.0 Å². The van der Waals surface area contributed by atoms with E-state index in [1.807, 2.05) is 18.5 Å². The molecule has 0 amide bonds. The van der Waals surface area contributed by atoms with Gasteiger partial charge >= 0.3 is 0 Å². The molecule has 1 heterocycles. The van der Waals surface area contributed by atoms with E-state index in [0.717, 1.165) is 6.42 Å². The van der Waals surface area contributed by atoms with Crippen molar-refractivity contribution in [2.45, 2.75) is 12.3 Å². The number of aliphatic imine (C=N–C) groups is 1. The van der Waals surface area contributed by atoms with Crippen LogP contribution in [0.3, 0.4) is 0 Å². The molecule has 1 atom stereocenters. The van der Waals surface area contributed by atoms with Gasteiger partial charge in [0.05, 0.1) is 0 Å². The van der Waals surface area contributed by atoms with Gasteiger partial charge in [0.15, 0.2) is 0 Å². The van der Waals surface area contributed by atoms with E-state index in [2.05, 4.69) is 35.3 Å². The first-order valence-corrected chi connectivity index (χ1v) is 4.20. The van der Waals surface area contributed by atoms with Crippen LogP contribution in [0.4, 0.5) is 0 Å². The van der Waals surface area contributed by atoms with Crippen LogP contribution in [0.15, 0.2) is 47.6 Å². The topological polar surface area (TPSA) is 12.4 Å². The van der Waals surface area contributed by atoms with Crippen LogP contribution >= 0.6 is 0 Å². The zero-order valence-corrected chi connectivity index (χ0v) is 6.85. The van der Waals surface area contributed by atoms with Crippen molar-refractivity contribution in [3.8, 4) is 0 Å². The summed E-state index contributed by atoms with van der Waals surface area (Å²) < 4.78 is 0. The number of hydrogen-bond donors (Lipinski definition) is 0. The molecule has 1 aliphatic rings. The van der Waals surface area contributed by atoms with Crippen molar-refractivity contribution >= 4 is 6.21 Å². The molecule has 1 nitrogen and oxygen atoms in total. The largest absolute Gasteiger partial charge is 0.269 e. The second-order valence-electron chi connectivity index (χ2n) is 2.93. The highest BCUT2D eigenvalue weighted by molar-refractivity contribution is 5.62. The van der Waals surface area contributed by atoms with Crippen LogP contribution < -0.4 is 0 Å². The van der Waals surface area contributed by atoms with Crippen molar-refractivity contribution in [2.75, 3.05) is 0 Å². The fraction of sp³-hybridized carbons (Fsp3) is 0.182. The molecule has 1 aromatic rings. The van der Waals surface area contributed by atoms with E-state index in [9.17, 15) is 0 Å². The van der Waals surface area contributed by atoms with Gasteiger partial charge in [0.25, 0.3) is 0 Å². The van der Waals surface area contributed by atoms with Gasteiger partial charge in [-0.3, -0.25) is 4.99 Å². The molecule has 0 fully saturated rings. The van der Waals surface area contributed by atoms with Crippen LogP contribution in [-0.2, 0) is 0 Å². The van der Waals surface area contributed by atoms with Crippen molar-refractivity contribution in [1.29, 1.82) is 0 Å². The lowest BCUT2D eigenvalue weighted by Gasteiger charge is -2.11. The molecule has 2 rings (SSSR count). The molecular formula is C11H11N. The molecule has 0 saturated heterocycles. The van der Waals surface area contributed by atoms with Gasteiger partial charge in [0.2, 0.25) is 0 Å². The third-order valence-corrected chi connectivity index (χ3v) is 2.10. The van der Waals surface area contributed by atoms with E-state index in [4.69, 9.17) is 0 Å². The van der Waals surface area contributed by atoms with E-state index >= 15 is 0 Å². The molecule has 0 bridgehead atoms. The van der Waals surface area contributed by atoms with E-state index in [1.165, 1.54) is 5.56 Å². The Balaban J connectivity index is 2.21. The Kier molecular flexibility index (Phi) is 2.04. The van der Waals surface area contributed by atoms with Gasteiger partial charge in [-0.1, -0.05) is 36.4 Å². The number of allylic oxidation sites excluding steroid dienone is 1. The van der Waals surface area contributed by atoms with E-state index in [-0.39, 0.29) is 0 Å². The van der Waals surface area contributed by atoms with Gasteiger partial charge in [0, 0.05) is 18.3 Å². The normalized spacial score (nSPS) is 21.2. The fourth-order valence-corrected chi connectivity index (χ4v) is 1.41. The minimum atomic E-state index is 0.531. The Morgan fingerprint density at radius 1 is 1.17 bits per heavy atom. The van der Waals surface area contributed by atoms with E-state index in [1.54, 1.807) is 0 Å². The van der Waals surface area contributed by atoms with Gasteiger partial charge in [-0.2, -0.15) is 0 Å². The lowest BCUT2D eigenvalue weighted by Crippen LogP contribution is -1.98. The monoisotopic (exact) mass is 157 g/mol. The molecule has 0 N–H and O–H groups in total. The second kappa shape index (κ2) is 3.35. The first kappa shape index (κ1) is 7.29. The molecule has 1 aromatic carbocycles. The summed E-state index contributed by atoms with van der Waals surface area (Å²) in [6, 6.07) is 10.5. The molecule has 0 radical (unpaired) electrons. The maximum Gasteiger partial charge on any atom is 0.0230 e. The first-order valence-electron chi connectivity index (χ1n) is 4.20. The molecule has 60 valence electrons. The van der Waals surface area contributed by atoms with Gasteiger partial charge in [-0.15, -0.1) is 0 Å². The highest BCUT2D eigenvalue weighted by atomic mass is 14.7. The maximum atomic E-state index is 4.05. The Bertz CT molecular complexity index is 298. The zero-order valence-electron chi connectivity index (χ0n) is 6.85. The van der Waals surface area contributed by atoms with Crippen LogP contribution in [0.2, 0.25) is 0 Å². The molecule has 12 heavy (non-hydrogen) atoms. The molecule has 1 unspecified atom stereocenters. The number of rotatable bonds is 1. The number of benzene rings is 1. The molecule has 0 aromatic heterocycles. The van der Waals surface area contributed by atoms with Crippen LogP contribution in [0.1, 0.15) is 17.9 Å². The highest BCUT2D eigenvalue weighted by Gasteiger charge is 2.06. The van der Waals surface area contributed by atoms with Crippen molar-refractivity contribution in [1.82, 2.24) is 0 Å². The Hall–Kier alpha value is -1.37. The summed E-state index contributed by atoms with van der Waals surface area (Å²) in [5, 5.41) is 0. The quantitative estimate of drug-likeness (QED) is 0.594. The van der Waals surface area contributed by atoms with Gasteiger partial charge in [-0.25, -0.2) is 0 Å².